The summed E-state index contributed by atoms with van der Waals surface area (Å²) in [6.45, 7) is 4.96. The van der Waals surface area contributed by atoms with Crippen molar-refractivity contribution in [3.8, 4) is 22.6 Å². The van der Waals surface area contributed by atoms with Crippen LogP contribution in [0.25, 0.3) is 22.0 Å². The smallest absolute Gasteiger partial charge is 0.293 e. The van der Waals surface area contributed by atoms with Gasteiger partial charge in [0, 0.05) is 79.2 Å². The van der Waals surface area contributed by atoms with Gasteiger partial charge in [-0.15, -0.1) is 0 Å². The van der Waals surface area contributed by atoms with Crippen molar-refractivity contribution in [2.45, 2.75) is 17.9 Å². The molecule has 7 rings (SSSR count). The number of carbonyl (C=O) groups is 1. The number of anilines is 2. The van der Waals surface area contributed by atoms with E-state index in [1.807, 2.05) is 67.5 Å². The van der Waals surface area contributed by atoms with Crippen LogP contribution in [0.15, 0.2) is 120 Å². The maximum atomic E-state index is 13.9. The van der Waals surface area contributed by atoms with Crippen molar-refractivity contribution in [1.82, 2.24) is 19.5 Å². The maximum Gasteiger partial charge on any atom is 0.293 e. The van der Waals surface area contributed by atoms with Crippen LogP contribution in [0.2, 0.25) is 5.02 Å². The Hall–Kier alpha value is -5.93. The molecule has 0 saturated carbocycles. The predicted octanol–water partition coefficient (Wildman–Crippen LogP) is 7.99. The predicted molar refractivity (Wildman–Crippen MR) is 229 cm³/mol. The van der Waals surface area contributed by atoms with Crippen LogP contribution < -0.4 is 19.7 Å². The number of fused-ring (bicyclic) bond motifs is 1. The monoisotopic (exact) mass is 821 g/mol. The standard InChI is InChI=1S/C43H44ClN7O6S/c1-48(2)22-6-20-45-39-18-16-34(28-40(39)51(53)54)58(55,56)47-43(52)37-17-15-33(27-42(37)57-41-10-5-9-38-36(41)19-21-46-38)50-25-23-49(24-26-50)29-31-7-3-4-8-35(31)30-11-13-32(44)14-12-30/h3-5,7-19,21,27-28,45-46H,6,20,22-26,29H2,1-2H3,(H,47,52). The van der Waals surface area contributed by atoms with E-state index in [9.17, 15) is 23.3 Å². The molecule has 2 heterocycles. The van der Waals surface area contributed by atoms with E-state index in [1.54, 1.807) is 30.5 Å². The minimum atomic E-state index is -4.54. The van der Waals surface area contributed by atoms with E-state index in [2.05, 4.69) is 43.0 Å². The summed E-state index contributed by atoms with van der Waals surface area (Å²) in [5, 5.41) is 16.4. The van der Waals surface area contributed by atoms with Crippen LogP contribution in [0.4, 0.5) is 17.1 Å². The van der Waals surface area contributed by atoms with Gasteiger partial charge in [-0.1, -0.05) is 54.1 Å². The Labute approximate surface area is 342 Å². The van der Waals surface area contributed by atoms with Crippen LogP contribution in [0.3, 0.4) is 0 Å². The number of amides is 1. The molecule has 1 aliphatic rings. The number of hydrogen-bond acceptors (Lipinski definition) is 10. The summed E-state index contributed by atoms with van der Waals surface area (Å²) in [6.07, 6.45) is 2.50. The molecule has 6 aromatic rings. The summed E-state index contributed by atoms with van der Waals surface area (Å²) < 4.78 is 35.7. The topological polar surface area (TPSA) is 153 Å². The zero-order chi connectivity index (χ0) is 40.8. The number of halogens is 1. The number of carbonyl (C=O) groups excluding carboxylic acids is 1. The van der Waals surface area contributed by atoms with Crippen LogP contribution in [0, 0.1) is 10.1 Å². The zero-order valence-corrected chi connectivity index (χ0v) is 33.7. The second kappa shape index (κ2) is 17.7. The molecular weight excluding hydrogens is 778 g/mol. The van der Waals surface area contributed by atoms with Crippen molar-refractivity contribution >= 4 is 55.5 Å². The normalized spacial score (nSPS) is 13.5. The minimum absolute atomic E-state index is 0.0222. The first-order valence-corrected chi connectivity index (χ1v) is 20.7. The lowest BCUT2D eigenvalue weighted by Crippen LogP contribution is -2.46. The average molecular weight is 822 g/mol. The van der Waals surface area contributed by atoms with Crippen molar-refractivity contribution in [1.29, 1.82) is 0 Å². The Morgan fingerprint density at radius 3 is 2.45 bits per heavy atom. The largest absolute Gasteiger partial charge is 0.456 e. The number of sulfonamides is 1. The Bertz CT molecular complexity index is 2540. The van der Waals surface area contributed by atoms with Gasteiger partial charge >= 0.3 is 0 Å². The van der Waals surface area contributed by atoms with Gasteiger partial charge in [0.2, 0.25) is 0 Å². The molecular formula is C43H44ClN7O6S. The number of H-pyrrole nitrogens is 1. The average Bonchev–Trinajstić information content (AvgIpc) is 3.70. The van der Waals surface area contributed by atoms with Gasteiger partial charge in [-0.25, -0.2) is 13.1 Å². The first-order chi connectivity index (χ1) is 27.9. The molecule has 1 aliphatic heterocycles. The molecule has 0 unspecified atom stereocenters. The van der Waals surface area contributed by atoms with E-state index in [1.165, 1.54) is 17.7 Å². The summed E-state index contributed by atoms with van der Waals surface area (Å²) in [4.78, 5) is 34.5. The molecule has 0 radical (unpaired) electrons. The van der Waals surface area contributed by atoms with Crippen molar-refractivity contribution in [2.75, 3.05) is 63.6 Å². The number of aromatic nitrogens is 1. The quantitative estimate of drug-likeness (QED) is 0.0528. The van der Waals surface area contributed by atoms with Crippen LogP contribution >= 0.6 is 11.6 Å². The lowest BCUT2D eigenvalue weighted by Gasteiger charge is -2.36. The van der Waals surface area contributed by atoms with Gasteiger partial charge < -0.3 is 24.8 Å². The fraction of sp³-hybridized carbons (Fsp3) is 0.233. The van der Waals surface area contributed by atoms with Crippen molar-refractivity contribution in [3.05, 3.63) is 142 Å². The number of hydrogen-bond donors (Lipinski definition) is 3. The molecule has 1 saturated heterocycles. The number of nitrogens with one attached hydrogen (secondary N) is 3. The van der Waals surface area contributed by atoms with Gasteiger partial charge in [-0.3, -0.25) is 19.8 Å². The lowest BCUT2D eigenvalue weighted by molar-refractivity contribution is -0.384. The number of ether oxygens (including phenoxy) is 1. The fourth-order valence-electron chi connectivity index (χ4n) is 7.05. The second-order valence-electron chi connectivity index (χ2n) is 14.4. The number of nitrogens with zero attached hydrogens (tertiary/aromatic N) is 4. The van der Waals surface area contributed by atoms with E-state index in [-0.39, 0.29) is 17.0 Å². The van der Waals surface area contributed by atoms with Crippen LogP contribution in [0.5, 0.6) is 11.5 Å². The van der Waals surface area contributed by atoms with Gasteiger partial charge in [-0.05, 0) is 98.3 Å². The molecule has 3 N–H and O–H groups in total. The van der Waals surface area contributed by atoms with Gasteiger partial charge in [0.05, 0.1) is 15.4 Å². The molecule has 13 nitrogen and oxygen atoms in total. The molecule has 1 amide bonds. The summed E-state index contributed by atoms with van der Waals surface area (Å²) in [5.41, 5.74) is 4.87. The highest BCUT2D eigenvalue weighted by atomic mass is 35.5. The summed E-state index contributed by atoms with van der Waals surface area (Å²) in [7, 11) is -0.684. The maximum absolute atomic E-state index is 13.9. The van der Waals surface area contributed by atoms with Crippen molar-refractivity contribution in [2.24, 2.45) is 0 Å². The Balaban J connectivity index is 1.10. The van der Waals surface area contributed by atoms with Gasteiger partial charge in [0.15, 0.2) is 0 Å². The summed E-state index contributed by atoms with van der Waals surface area (Å²) >= 11 is 6.15. The number of aromatic amines is 1. The van der Waals surface area contributed by atoms with Crippen LogP contribution in [-0.2, 0) is 16.6 Å². The molecule has 1 fully saturated rings. The number of rotatable bonds is 15. The molecule has 1 aromatic heterocycles. The molecule has 0 aliphatic carbocycles. The van der Waals surface area contributed by atoms with Gasteiger partial charge in [0.1, 0.15) is 17.2 Å². The Kier molecular flexibility index (Phi) is 12.3. The molecule has 0 atom stereocenters. The number of nitro groups is 1. The number of piperazine rings is 1. The minimum Gasteiger partial charge on any atom is -0.456 e. The third kappa shape index (κ3) is 9.43. The molecule has 58 heavy (non-hydrogen) atoms. The third-order valence-electron chi connectivity index (χ3n) is 10.1. The first-order valence-electron chi connectivity index (χ1n) is 18.9. The lowest BCUT2D eigenvalue weighted by atomic mass is 9.99. The van der Waals surface area contributed by atoms with Crippen molar-refractivity contribution < 1.29 is 22.9 Å². The highest BCUT2D eigenvalue weighted by Gasteiger charge is 2.27. The van der Waals surface area contributed by atoms with E-state index in [0.29, 0.717) is 30.4 Å². The molecule has 0 bridgehead atoms. The molecule has 15 heteroatoms. The molecule has 0 spiro atoms. The second-order valence-corrected chi connectivity index (χ2v) is 16.5. The highest BCUT2D eigenvalue weighted by Crippen LogP contribution is 2.35. The first kappa shape index (κ1) is 40.3. The number of benzene rings is 5. The van der Waals surface area contributed by atoms with Crippen LogP contribution in [-0.4, -0.2) is 87.4 Å². The molecule has 5 aromatic carbocycles. The number of nitro benzene ring substituents is 1. The van der Waals surface area contributed by atoms with Gasteiger partial charge in [-0.2, -0.15) is 0 Å². The van der Waals surface area contributed by atoms with E-state index < -0.39 is 31.4 Å². The summed E-state index contributed by atoms with van der Waals surface area (Å²) in [5.74, 6) is -0.316. The summed E-state index contributed by atoms with van der Waals surface area (Å²) in [6, 6.07) is 32.2. The SMILES string of the molecule is CN(C)CCCNc1ccc(S(=O)(=O)NC(=O)c2ccc(N3CCN(Cc4ccccc4-c4ccc(Cl)cc4)CC3)cc2Oc2cccc3[nH]ccc23)cc1[N+](=O)[O-]. The van der Waals surface area contributed by atoms with Crippen molar-refractivity contribution in [3.63, 3.8) is 0 Å². The van der Waals surface area contributed by atoms with E-state index in [0.717, 1.165) is 66.4 Å². The van der Waals surface area contributed by atoms with E-state index in [4.69, 9.17) is 16.3 Å². The molecule has 300 valence electrons. The zero-order valence-electron chi connectivity index (χ0n) is 32.2. The van der Waals surface area contributed by atoms with Crippen LogP contribution in [0.1, 0.15) is 22.3 Å². The highest BCUT2D eigenvalue weighted by molar-refractivity contribution is 7.90. The Morgan fingerprint density at radius 2 is 1.69 bits per heavy atom. The fourth-order valence-corrected chi connectivity index (χ4v) is 8.16. The van der Waals surface area contributed by atoms with E-state index >= 15 is 0 Å². The Morgan fingerprint density at radius 1 is 0.914 bits per heavy atom. The van der Waals surface area contributed by atoms with Gasteiger partial charge in [0.25, 0.3) is 21.6 Å². The third-order valence-corrected chi connectivity index (χ3v) is 11.7.